The molecule has 0 amide bonds. The number of rotatable bonds is 2. The third kappa shape index (κ3) is 5.61. The van der Waals surface area contributed by atoms with Gasteiger partial charge in [-0.3, -0.25) is 0 Å². The molecule has 1 aliphatic rings. The van der Waals surface area contributed by atoms with Crippen LogP contribution in [0.2, 0.25) is 0 Å². The second-order valence-electron chi connectivity index (χ2n) is 3.47. The van der Waals surface area contributed by atoms with Crippen LogP contribution in [-0.2, 0) is 22.4 Å². The summed E-state index contributed by atoms with van der Waals surface area (Å²) in [5.74, 6) is 0. The molecule has 0 saturated carbocycles. The first-order valence-corrected chi connectivity index (χ1v) is 5.92. The van der Waals surface area contributed by atoms with E-state index in [0.29, 0.717) is 0 Å². The molecule has 0 fully saturated rings. The van der Waals surface area contributed by atoms with Gasteiger partial charge in [-0.1, -0.05) is 43.7 Å². The molecule has 0 unspecified atom stereocenters. The van der Waals surface area contributed by atoms with Crippen LogP contribution in [-0.4, -0.2) is 0 Å². The third-order valence-electron chi connectivity index (χ3n) is 2.10. The second kappa shape index (κ2) is 7.50. The van der Waals surface area contributed by atoms with Crippen molar-refractivity contribution in [1.29, 1.82) is 0 Å². The van der Waals surface area contributed by atoms with Crippen LogP contribution in [0, 0.1) is 0 Å². The molecule has 0 atom stereocenters. The van der Waals surface area contributed by atoms with Gasteiger partial charge in [0.2, 0.25) is 0 Å². The summed E-state index contributed by atoms with van der Waals surface area (Å²) in [6, 6.07) is 10.6. The number of aryl methyl sites for hydroxylation is 1. The van der Waals surface area contributed by atoms with Crippen LogP contribution in [0.3, 0.4) is 0 Å². The van der Waals surface area contributed by atoms with Crippen molar-refractivity contribution in [2.75, 3.05) is 0 Å². The minimum atomic E-state index is 1.06. The Kier molecular flexibility index (Phi) is 6.15. The molecule has 0 radical (unpaired) electrons. The van der Waals surface area contributed by atoms with E-state index in [2.05, 4.69) is 59.3 Å². The molecule has 0 bridgehead atoms. The quantitative estimate of drug-likeness (QED) is 0.686. The first kappa shape index (κ1) is 12.3. The fraction of sp³-hybridized carbons (Fsp3) is 0.286. The van der Waals surface area contributed by atoms with Gasteiger partial charge in [0, 0.05) is 0 Å². The van der Waals surface area contributed by atoms with Gasteiger partial charge in [-0.15, -0.1) is 0 Å². The van der Waals surface area contributed by atoms with Gasteiger partial charge in [-0.25, -0.2) is 0 Å². The van der Waals surface area contributed by atoms with E-state index in [9.17, 15) is 0 Å². The normalized spacial score (nSPS) is 13.1. The van der Waals surface area contributed by atoms with Gasteiger partial charge in [0.1, 0.15) is 0 Å². The molecule has 81 valence electrons. The molecular weight excluding hydrogens is 224 g/mol. The molecule has 0 saturated heterocycles. The third-order valence-corrected chi connectivity index (χ3v) is 2.51. The van der Waals surface area contributed by atoms with Gasteiger partial charge >= 0.3 is 45.1 Å². The van der Waals surface area contributed by atoms with E-state index in [1.807, 2.05) is 12.2 Å². The monoisotopic (exact) mass is 241 g/mol. The van der Waals surface area contributed by atoms with Gasteiger partial charge in [0.25, 0.3) is 0 Å². The van der Waals surface area contributed by atoms with Gasteiger partial charge in [-0.2, -0.15) is 0 Å². The molecular formula is C14H17Fe. The minimum absolute atomic E-state index is 1.06. The predicted octanol–water partition coefficient (Wildman–Crippen LogP) is 4.02. The summed E-state index contributed by atoms with van der Waals surface area (Å²) in [7, 11) is 0. The maximum absolute atomic E-state index is 3.74. The summed E-state index contributed by atoms with van der Waals surface area (Å²) in [6.45, 7) is 2.20. The predicted molar refractivity (Wildman–Crippen MR) is 62.3 cm³/mol. The molecule has 1 aromatic carbocycles. The van der Waals surface area contributed by atoms with Gasteiger partial charge in [0.05, 0.1) is 0 Å². The molecule has 1 aliphatic carbocycles. The van der Waals surface area contributed by atoms with Crippen LogP contribution in [0.5, 0.6) is 0 Å². The number of benzene rings is 1. The van der Waals surface area contributed by atoms with Gasteiger partial charge in [-0.05, 0) is 12.0 Å². The Hall–Kier alpha value is -0.781. The van der Waals surface area contributed by atoms with E-state index < -0.39 is 0 Å². The van der Waals surface area contributed by atoms with Crippen molar-refractivity contribution in [3.63, 3.8) is 0 Å². The summed E-state index contributed by atoms with van der Waals surface area (Å²) < 4.78 is 1.22. The van der Waals surface area contributed by atoms with E-state index in [1.165, 1.54) is 22.9 Å². The topological polar surface area (TPSA) is 0 Å². The van der Waals surface area contributed by atoms with Crippen LogP contribution >= 0.6 is 0 Å². The standard InChI is InChI=1S/C9H12.C5H5.Fe/c1-2-6-9-7-4-3-5-8-9;1-2-4-5-3-1;/h3-5,7-8H,2,6H2,1H3;1-3H,4H2;. The van der Waals surface area contributed by atoms with Gasteiger partial charge in [0.15, 0.2) is 0 Å². The van der Waals surface area contributed by atoms with Crippen molar-refractivity contribution in [3.05, 3.63) is 58.6 Å². The average Bonchev–Trinajstić information content (AvgIpc) is 2.72. The summed E-state index contributed by atoms with van der Waals surface area (Å²) in [5, 5.41) is 0. The Labute approximate surface area is 101 Å². The van der Waals surface area contributed by atoms with Crippen LogP contribution < -0.4 is 0 Å². The van der Waals surface area contributed by atoms with Crippen molar-refractivity contribution in [2.24, 2.45) is 0 Å². The SMILES string of the molecule is CCCc1ccccc1.[Fe][C]1=CC=CC1. The van der Waals surface area contributed by atoms with E-state index in [4.69, 9.17) is 0 Å². The second-order valence-corrected chi connectivity index (χ2v) is 4.17. The average molecular weight is 241 g/mol. The van der Waals surface area contributed by atoms with Gasteiger partial charge < -0.3 is 0 Å². The fourth-order valence-electron chi connectivity index (χ4n) is 1.35. The summed E-state index contributed by atoms with van der Waals surface area (Å²) in [5.41, 5.74) is 1.44. The number of hydrogen-bond acceptors (Lipinski definition) is 0. The van der Waals surface area contributed by atoms with Crippen molar-refractivity contribution >= 4 is 0 Å². The summed E-state index contributed by atoms with van der Waals surface area (Å²) in [6.07, 6.45) is 9.66. The molecule has 0 aromatic heterocycles. The Balaban J connectivity index is 0.000000162. The first-order valence-electron chi connectivity index (χ1n) is 5.37. The Morgan fingerprint density at radius 3 is 2.33 bits per heavy atom. The van der Waals surface area contributed by atoms with Crippen molar-refractivity contribution in [3.8, 4) is 0 Å². The Bertz CT molecular complexity index is 322. The van der Waals surface area contributed by atoms with E-state index >= 15 is 0 Å². The van der Waals surface area contributed by atoms with Crippen molar-refractivity contribution < 1.29 is 16.0 Å². The molecule has 1 heteroatoms. The Morgan fingerprint density at radius 1 is 1.20 bits per heavy atom. The molecule has 2 rings (SSSR count). The molecule has 0 nitrogen and oxygen atoms in total. The maximum atomic E-state index is 3.74. The fourth-order valence-corrected chi connectivity index (χ4v) is 1.59. The van der Waals surface area contributed by atoms with Crippen LogP contribution in [0.4, 0.5) is 0 Å². The van der Waals surface area contributed by atoms with Crippen molar-refractivity contribution in [2.45, 2.75) is 26.2 Å². The van der Waals surface area contributed by atoms with Crippen LogP contribution in [0.15, 0.2) is 53.0 Å². The first-order chi connectivity index (χ1) is 7.33. The zero-order chi connectivity index (χ0) is 10.9. The molecule has 0 heterocycles. The molecule has 1 aromatic rings. The molecule has 0 N–H and O–H groups in total. The van der Waals surface area contributed by atoms with Crippen LogP contribution in [0.25, 0.3) is 0 Å². The zero-order valence-electron chi connectivity index (χ0n) is 9.09. The van der Waals surface area contributed by atoms with E-state index in [1.54, 1.807) is 0 Å². The summed E-state index contributed by atoms with van der Waals surface area (Å²) in [4.78, 5) is 0. The zero-order valence-corrected chi connectivity index (χ0v) is 10.2. The van der Waals surface area contributed by atoms with Crippen LogP contribution in [0.1, 0.15) is 25.3 Å². The van der Waals surface area contributed by atoms with E-state index in [-0.39, 0.29) is 0 Å². The summed E-state index contributed by atoms with van der Waals surface area (Å²) >= 11 is 3.74. The van der Waals surface area contributed by atoms with E-state index in [0.717, 1.165) is 6.42 Å². The molecule has 15 heavy (non-hydrogen) atoms. The Morgan fingerprint density at radius 2 is 1.93 bits per heavy atom. The number of hydrogen-bond donors (Lipinski definition) is 0. The molecule has 0 spiro atoms. The molecule has 0 aliphatic heterocycles. The van der Waals surface area contributed by atoms with Crippen molar-refractivity contribution in [1.82, 2.24) is 0 Å². The number of allylic oxidation sites excluding steroid dienone is 4.